The van der Waals surface area contributed by atoms with Gasteiger partial charge in [-0.1, -0.05) is 74.7 Å². The summed E-state index contributed by atoms with van der Waals surface area (Å²) < 4.78 is 25.1. The first kappa shape index (κ1) is 31.8. The Balaban J connectivity index is 1.64. The minimum atomic E-state index is -0.847. The predicted molar refractivity (Wildman–Crippen MR) is 175 cm³/mol. The van der Waals surface area contributed by atoms with E-state index in [4.69, 9.17) is 42.1 Å². The second-order valence-electron chi connectivity index (χ2n) is 9.59. The van der Waals surface area contributed by atoms with Crippen molar-refractivity contribution in [1.29, 1.82) is 0 Å². The molecule has 44 heavy (non-hydrogen) atoms. The Bertz CT molecular complexity index is 1970. The van der Waals surface area contributed by atoms with Gasteiger partial charge in [0, 0.05) is 25.6 Å². The summed E-state index contributed by atoms with van der Waals surface area (Å²) in [5.41, 5.74) is 2.44. The van der Waals surface area contributed by atoms with Crippen molar-refractivity contribution in [2.24, 2.45) is 4.99 Å². The SMILES string of the molecule is CCOC(=O)C1=C(C)N=c2s/c(=C/c3ccccc3OCc3ccc(Cl)cc3Cl)c(=O)n2[C@@H]1c1cc(OC)c(OC)cc1Br. The van der Waals surface area contributed by atoms with E-state index in [2.05, 4.69) is 20.9 Å². The first-order valence-electron chi connectivity index (χ1n) is 13.4. The van der Waals surface area contributed by atoms with Crippen molar-refractivity contribution in [2.45, 2.75) is 26.5 Å². The molecule has 1 aromatic heterocycles. The highest BCUT2D eigenvalue weighted by molar-refractivity contribution is 9.10. The van der Waals surface area contributed by atoms with Crippen LogP contribution < -0.4 is 29.1 Å². The number of esters is 1. The number of halogens is 3. The topological polar surface area (TPSA) is 88.4 Å². The molecule has 1 atom stereocenters. The summed E-state index contributed by atoms with van der Waals surface area (Å²) in [6.45, 7) is 3.83. The van der Waals surface area contributed by atoms with Crippen LogP contribution >= 0.6 is 50.5 Å². The number of methoxy groups -OCH3 is 2. The number of carbonyl (C=O) groups excluding carboxylic acids is 1. The van der Waals surface area contributed by atoms with Crippen LogP contribution in [-0.4, -0.2) is 31.4 Å². The maximum atomic E-state index is 14.2. The van der Waals surface area contributed by atoms with E-state index in [9.17, 15) is 9.59 Å². The van der Waals surface area contributed by atoms with Gasteiger partial charge in [0.05, 0.1) is 42.7 Å². The zero-order chi connectivity index (χ0) is 31.5. The summed E-state index contributed by atoms with van der Waals surface area (Å²) >= 11 is 17.2. The number of benzene rings is 3. The van der Waals surface area contributed by atoms with Crippen LogP contribution in [0.25, 0.3) is 6.08 Å². The van der Waals surface area contributed by atoms with Crippen molar-refractivity contribution in [3.05, 3.63) is 117 Å². The van der Waals surface area contributed by atoms with Crippen molar-refractivity contribution < 1.29 is 23.7 Å². The lowest BCUT2D eigenvalue weighted by Crippen LogP contribution is -2.40. The van der Waals surface area contributed by atoms with E-state index in [1.165, 1.54) is 30.1 Å². The summed E-state index contributed by atoms with van der Waals surface area (Å²) in [4.78, 5) is 32.6. The smallest absolute Gasteiger partial charge is 0.338 e. The summed E-state index contributed by atoms with van der Waals surface area (Å²) in [5, 5.41) is 1.03. The van der Waals surface area contributed by atoms with E-state index in [0.29, 0.717) is 57.9 Å². The van der Waals surface area contributed by atoms with Gasteiger partial charge >= 0.3 is 5.97 Å². The Morgan fingerprint density at radius 2 is 1.80 bits per heavy atom. The summed E-state index contributed by atoms with van der Waals surface area (Å²) in [5.74, 6) is 0.934. The number of carbonyl (C=O) groups is 1. The monoisotopic (exact) mass is 716 g/mol. The molecule has 12 heteroatoms. The molecule has 0 aliphatic carbocycles. The molecule has 3 aromatic carbocycles. The Kier molecular flexibility index (Phi) is 9.84. The number of thiazole rings is 1. The lowest BCUT2D eigenvalue weighted by molar-refractivity contribution is -0.139. The van der Waals surface area contributed by atoms with Gasteiger partial charge in [-0.25, -0.2) is 9.79 Å². The number of allylic oxidation sites excluding steroid dienone is 1. The number of rotatable bonds is 9. The van der Waals surface area contributed by atoms with Gasteiger partial charge in [0.1, 0.15) is 12.4 Å². The fourth-order valence-electron chi connectivity index (χ4n) is 4.83. The number of para-hydroxylation sites is 1. The maximum Gasteiger partial charge on any atom is 0.338 e. The van der Waals surface area contributed by atoms with Crippen molar-refractivity contribution in [1.82, 2.24) is 4.57 Å². The van der Waals surface area contributed by atoms with Crippen LogP contribution in [0.4, 0.5) is 0 Å². The average Bonchev–Trinajstić information content (AvgIpc) is 3.30. The maximum absolute atomic E-state index is 14.2. The zero-order valence-corrected chi connectivity index (χ0v) is 28.1. The molecule has 0 fully saturated rings. The molecule has 1 aliphatic heterocycles. The second-order valence-corrected chi connectivity index (χ2v) is 12.3. The van der Waals surface area contributed by atoms with Crippen molar-refractivity contribution in [2.75, 3.05) is 20.8 Å². The van der Waals surface area contributed by atoms with Gasteiger partial charge in [0.25, 0.3) is 5.56 Å². The normalized spacial score (nSPS) is 14.6. The standard InChI is InChI=1S/C32H27BrCl2N2O6S/c1-5-42-31(39)28-17(2)36-32-37(29(28)21-14-25(40-3)26(41-4)15-22(21)33)30(38)27(44-32)12-18-8-6-7-9-24(18)43-16-19-10-11-20(34)13-23(19)35/h6-15,29H,5,16H2,1-4H3/b27-12+/t29-/m1/s1. The van der Waals surface area contributed by atoms with Gasteiger partial charge in [-0.2, -0.15) is 0 Å². The van der Waals surface area contributed by atoms with E-state index in [1.807, 2.05) is 24.3 Å². The van der Waals surface area contributed by atoms with Crippen molar-refractivity contribution in [3.8, 4) is 17.2 Å². The minimum Gasteiger partial charge on any atom is -0.493 e. The molecule has 1 aliphatic rings. The molecule has 0 bridgehead atoms. The number of hydrogen-bond acceptors (Lipinski definition) is 8. The first-order valence-corrected chi connectivity index (χ1v) is 15.8. The highest BCUT2D eigenvalue weighted by atomic mass is 79.9. The van der Waals surface area contributed by atoms with Gasteiger partial charge in [-0.15, -0.1) is 0 Å². The van der Waals surface area contributed by atoms with Crippen LogP contribution in [0.5, 0.6) is 17.2 Å². The van der Waals surface area contributed by atoms with Crippen LogP contribution in [0.1, 0.15) is 36.6 Å². The van der Waals surface area contributed by atoms with Crippen LogP contribution in [0.3, 0.4) is 0 Å². The number of fused-ring (bicyclic) bond motifs is 1. The van der Waals surface area contributed by atoms with Crippen molar-refractivity contribution in [3.63, 3.8) is 0 Å². The molecule has 2 heterocycles. The molecular weight excluding hydrogens is 691 g/mol. The average molecular weight is 718 g/mol. The van der Waals surface area contributed by atoms with Gasteiger partial charge < -0.3 is 18.9 Å². The van der Waals surface area contributed by atoms with Crippen LogP contribution in [0.2, 0.25) is 10.0 Å². The summed E-state index contributed by atoms with van der Waals surface area (Å²) in [6.07, 6.45) is 1.76. The fourth-order valence-corrected chi connectivity index (χ4v) is 6.87. The van der Waals surface area contributed by atoms with E-state index in [0.717, 1.165) is 5.56 Å². The fraction of sp³-hybridized carbons (Fsp3) is 0.219. The molecule has 0 N–H and O–H groups in total. The van der Waals surface area contributed by atoms with Crippen LogP contribution in [0.15, 0.2) is 80.1 Å². The molecule has 8 nitrogen and oxygen atoms in total. The second kappa shape index (κ2) is 13.6. The van der Waals surface area contributed by atoms with Crippen LogP contribution in [0, 0.1) is 0 Å². The minimum absolute atomic E-state index is 0.165. The number of aromatic nitrogens is 1. The van der Waals surface area contributed by atoms with E-state index in [1.54, 1.807) is 50.3 Å². The molecule has 4 aromatic rings. The molecule has 0 spiro atoms. The Morgan fingerprint density at radius 3 is 2.50 bits per heavy atom. The number of ether oxygens (including phenoxy) is 4. The number of hydrogen-bond donors (Lipinski definition) is 0. The highest BCUT2D eigenvalue weighted by Crippen LogP contribution is 2.40. The molecule has 5 rings (SSSR count). The third-order valence-corrected chi connectivity index (χ3v) is 9.18. The van der Waals surface area contributed by atoms with Gasteiger partial charge in [-0.3, -0.25) is 9.36 Å². The summed E-state index contributed by atoms with van der Waals surface area (Å²) in [7, 11) is 3.06. The van der Waals surface area contributed by atoms with E-state index < -0.39 is 12.0 Å². The van der Waals surface area contributed by atoms with Gasteiger partial charge in [-0.05, 0) is 55.8 Å². The Hall–Kier alpha value is -3.57. The third-order valence-electron chi connectivity index (χ3n) is 6.92. The summed E-state index contributed by atoms with van der Waals surface area (Å²) in [6, 6.07) is 15.2. The zero-order valence-electron chi connectivity index (χ0n) is 24.2. The Morgan fingerprint density at radius 1 is 1.07 bits per heavy atom. The van der Waals surface area contributed by atoms with Crippen molar-refractivity contribution >= 4 is 62.5 Å². The first-order chi connectivity index (χ1) is 21.2. The quantitative estimate of drug-likeness (QED) is 0.185. The molecular formula is C32H27BrCl2N2O6S. The third kappa shape index (κ3) is 6.30. The van der Waals surface area contributed by atoms with E-state index >= 15 is 0 Å². The predicted octanol–water partition coefficient (Wildman–Crippen LogP) is 6.46. The van der Waals surface area contributed by atoms with Crippen LogP contribution in [-0.2, 0) is 16.1 Å². The van der Waals surface area contributed by atoms with E-state index in [-0.39, 0.29) is 24.3 Å². The number of nitrogens with zero attached hydrogens (tertiary/aromatic N) is 2. The molecule has 0 saturated heterocycles. The van der Waals surface area contributed by atoms with Gasteiger partial charge in [0.15, 0.2) is 16.3 Å². The molecule has 0 amide bonds. The Labute approximate surface area is 275 Å². The van der Waals surface area contributed by atoms with Gasteiger partial charge in [0.2, 0.25) is 0 Å². The largest absolute Gasteiger partial charge is 0.493 e. The lowest BCUT2D eigenvalue weighted by Gasteiger charge is -2.26. The molecule has 228 valence electrons. The highest BCUT2D eigenvalue weighted by Gasteiger charge is 2.35. The molecule has 0 radical (unpaired) electrons. The molecule has 0 saturated carbocycles. The lowest BCUT2D eigenvalue weighted by atomic mass is 9.95. The molecule has 0 unspecified atom stereocenters.